The van der Waals surface area contributed by atoms with Crippen LogP contribution in [0.1, 0.15) is 19.6 Å². The fourth-order valence-corrected chi connectivity index (χ4v) is 2.47. The number of rotatable bonds is 2. The van der Waals surface area contributed by atoms with E-state index in [2.05, 4.69) is 15.0 Å². The van der Waals surface area contributed by atoms with Crippen LogP contribution in [0.2, 0.25) is 0 Å². The molecule has 3 N–H and O–H groups in total. The summed E-state index contributed by atoms with van der Waals surface area (Å²) in [5, 5.41) is 9.15. The van der Waals surface area contributed by atoms with Crippen LogP contribution in [0.4, 0.5) is 10.2 Å². The van der Waals surface area contributed by atoms with Gasteiger partial charge in [0, 0.05) is 5.92 Å². The summed E-state index contributed by atoms with van der Waals surface area (Å²) in [6.07, 6.45) is 0.786. The number of hydrogen-bond acceptors (Lipinski definition) is 6. The van der Waals surface area contributed by atoms with Gasteiger partial charge in [0.2, 0.25) is 0 Å². The number of aliphatic hydroxyl groups excluding tert-OH is 1. The molecule has 0 unspecified atom stereocenters. The van der Waals surface area contributed by atoms with E-state index in [4.69, 9.17) is 15.6 Å². The average Bonchev–Trinajstić information content (AvgIpc) is 2.92. The van der Waals surface area contributed by atoms with Crippen molar-refractivity contribution in [2.75, 3.05) is 12.3 Å². The van der Waals surface area contributed by atoms with E-state index in [9.17, 15) is 4.39 Å². The highest BCUT2D eigenvalue weighted by atomic mass is 19.1. The minimum absolute atomic E-state index is 0.00519. The van der Waals surface area contributed by atoms with Crippen molar-refractivity contribution in [3.8, 4) is 0 Å². The summed E-state index contributed by atoms with van der Waals surface area (Å²) >= 11 is 0. The molecule has 3 atom stereocenters. The minimum atomic E-state index is -0.892. The predicted octanol–water partition coefficient (Wildman–Crippen LogP) is 0.463. The number of nitrogen functional groups attached to an aromatic ring is 1. The zero-order valence-electron chi connectivity index (χ0n) is 10.3. The van der Waals surface area contributed by atoms with E-state index >= 15 is 0 Å². The Morgan fingerprint density at radius 2 is 2.37 bits per heavy atom. The summed E-state index contributed by atoms with van der Waals surface area (Å²) < 4.78 is 20.6. The van der Waals surface area contributed by atoms with Gasteiger partial charge in [0.25, 0.3) is 0 Å². The lowest BCUT2D eigenvalue weighted by atomic mass is 10.1. The topological polar surface area (TPSA) is 99.1 Å². The van der Waals surface area contributed by atoms with Crippen LogP contribution in [0, 0.1) is 12.0 Å². The summed E-state index contributed by atoms with van der Waals surface area (Å²) in [4.78, 5) is 11.3. The number of anilines is 1. The quantitative estimate of drug-likeness (QED) is 0.767. The smallest absolute Gasteiger partial charge is 0.312 e. The fourth-order valence-electron chi connectivity index (χ4n) is 2.47. The molecular weight excluding hydrogens is 253 g/mol. The molecule has 1 aliphatic heterocycles. The molecule has 8 heteroatoms. The number of nitrogens with zero attached hydrogens (tertiary/aromatic N) is 4. The van der Waals surface area contributed by atoms with E-state index in [1.54, 1.807) is 4.57 Å². The molecule has 0 aromatic carbocycles. The summed E-state index contributed by atoms with van der Waals surface area (Å²) in [6.45, 7) is 1.95. The SMILES string of the molecule is C[C@H]1C[C@@H](CO)O[C@H]1n1cnc2c(N)nc(F)nc21. The summed E-state index contributed by atoms with van der Waals surface area (Å²) in [5.74, 6) is 0.166. The van der Waals surface area contributed by atoms with E-state index in [-0.39, 0.29) is 30.7 Å². The Hall–Kier alpha value is -1.80. The second kappa shape index (κ2) is 4.39. The molecule has 102 valence electrons. The maximum absolute atomic E-state index is 13.3. The van der Waals surface area contributed by atoms with Gasteiger partial charge in [0.15, 0.2) is 17.0 Å². The first kappa shape index (κ1) is 12.2. The molecule has 0 radical (unpaired) electrons. The van der Waals surface area contributed by atoms with Gasteiger partial charge in [-0.1, -0.05) is 6.92 Å². The Morgan fingerprint density at radius 3 is 3.05 bits per heavy atom. The molecule has 1 saturated heterocycles. The number of nitrogens with two attached hydrogens (primary N) is 1. The van der Waals surface area contributed by atoms with Crippen molar-refractivity contribution in [3.63, 3.8) is 0 Å². The molecule has 7 nitrogen and oxygen atoms in total. The molecule has 1 aliphatic rings. The molecule has 0 spiro atoms. The molecule has 3 rings (SSSR count). The van der Waals surface area contributed by atoms with Crippen molar-refractivity contribution in [1.82, 2.24) is 19.5 Å². The molecule has 3 heterocycles. The monoisotopic (exact) mass is 267 g/mol. The molecule has 2 aromatic rings. The molecule has 2 aromatic heterocycles. The maximum Gasteiger partial charge on any atom is 0.312 e. The zero-order chi connectivity index (χ0) is 13.6. The Morgan fingerprint density at radius 1 is 1.58 bits per heavy atom. The normalized spacial score (nSPS) is 27.2. The first-order valence-corrected chi connectivity index (χ1v) is 6.02. The van der Waals surface area contributed by atoms with Gasteiger partial charge in [0.1, 0.15) is 6.23 Å². The third kappa shape index (κ3) is 1.92. The van der Waals surface area contributed by atoms with E-state index in [0.717, 1.165) is 6.42 Å². The standard InChI is InChI=1S/C11H14FN5O2/c1-5-2-6(3-18)19-10(5)17-4-14-7-8(13)15-11(12)16-9(7)17/h4-6,10,18H,2-3H2,1H3,(H2,13,15,16)/t5-,6-,10+/m0/s1. The number of ether oxygens (including phenoxy) is 1. The van der Waals surface area contributed by atoms with Crippen LogP contribution >= 0.6 is 0 Å². The number of fused-ring (bicyclic) bond motifs is 1. The third-order valence-corrected chi connectivity index (χ3v) is 3.35. The number of hydrogen-bond donors (Lipinski definition) is 2. The van der Waals surface area contributed by atoms with E-state index < -0.39 is 6.08 Å². The van der Waals surface area contributed by atoms with Crippen LogP contribution in [-0.2, 0) is 4.74 Å². The van der Waals surface area contributed by atoms with Gasteiger partial charge < -0.3 is 15.6 Å². The van der Waals surface area contributed by atoms with Gasteiger partial charge in [-0.05, 0) is 6.42 Å². The first-order valence-electron chi connectivity index (χ1n) is 6.02. The Kier molecular flexibility index (Phi) is 2.83. The number of imidazole rings is 1. The van der Waals surface area contributed by atoms with Crippen molar-refractivity contribution in [2.24, 2.45) is 5.92 Å². The average molecular weight is 267 g/mol. The second-order valence-electron chi connectivity index (χ2n) is 4.75. The van der Waals surface area contributed by atoms with Crippen LogP contribution < -0.4 is 5.73 Å². The highest BCUT2D eigenvalue weighted by Crippen LogP contribution is 2.35. The van der Waals surface area contributed by atoms with Gasteiger partial charge in [-0.3, -0.25) is 4.57 Å². The lowest BCUT2D eigenvalue weighted by Crippen LogP contribution is -2.15. The van der Waals surface area contributed by atoms with Gasteiger partial charge in [0.05, 0.1) is 19.0 Å². The highest BCUT2D eigenvalue weighted by molar-refractivity contribution is 5.81. The highest BCUT2D eigenvalue weighted by Gasteiger charge is 2.34. The second-order valence-corrected chi connectivity index (χ2v) is 4.75. The Labute approximate surface area is 108 Å². The molecular formula is C11H14FN5O2. The van der Waals surface area contributed by atoms with Gasteiger partial charge >= 0.3 is 6.08 Å². The number of aliphatic hydroxyl groups is 1. The van der Waals surface area contributed by atoms with E-state index in [0.29, 0.717) is 11.2 Å². The third-order valence-electron chi connectivity index (χ3n) is 3.35. The maximum atomic E-state index is 13.3. The first-order chi connectivity index (χ1) is 9.10. The summed E-state index contributed by atoms with van der Waals surface area (Å²) in [5.41, 5.74) is 6.27. The predicted molar refractivity (Wildman–Crippen MR) is 64.5 cm³/mol. The largest absolute Gasteiger partial charge is 0.394 e. The van der Waals surface area contributed by atoms with Crippen LogP contribution in [0.25, 0.3) is 11.2 Å². The number of halogens is 1. The van der Waals surface area contributed by atoms with Crippen molar-refractivity contribution in [3.05, 3.63) is 12.4 Å². The van der Waals surface area contributed by atoms with Gasteiger partial charge in [-0.15, -0.1) is 0 Å². The van der Waals surface area contributed by atoms with Crippen LogP contribution in [0.3, 0.4) is 0 Å². The van der Waals surface area contributed by atoms with Crippen molar-refractivity contribution < 1.29 is 14.2 Å². The fraction of sp³-hybridized carbons (Fsp3) is 0.545. The van der Waals surface area contributed by atoms with Gasteiger partial charge in [-0.2, -0.15) is 14.4 Å². The molecule has 0 aliphatic carbocycles. The van der Waals surface area contributed by atoms with E-state index in [1.165, 1.54) is 6.33 Å². The zero-order valence-corrected chi connectivity index (χ0v) is 10.3. The molecule has 1 fully saturated rings. The van der Waals surface area contributed by atoms with Crippen molar-refractivity contribution in [2.45, 2.75) is 25.7 Å². The van der Waals surface area contributed by atoms with Gasteiger partial charge in [-0.25, -0.2) is 4.98 Å². The van der Waals surface area contributed by atoms with Crippen molar-refractivity contribution in [1.29, 1.82) is 0 Å². The summed E-state index contributed by atoms with van der Waals surface area (Å²) in [7, 11) is 0. The molecule has 0 saturated carbocycles. The van der Waals surface area contributed by atoms with E-state index in [1.807, 2.05) is 6.92 Å². The molecule has 19 heavy (non-hydrogen) atoms. The lowest BCUT2D eigenvalue weighted by molar-refractivity contribution is -0.0294. The molecule has 0 bridgehead atoms. The lowest BCUT2D eigenvalue weighted by Gasteiger charge is -2.17. The minimum Gasteiger partial charge on any atom is -0.394 e. The van der Waals surface area contributed by atoms with Crippen LogP contribution in [0.15, 0.2) is 6.33 Å². The summed E-state index contributed by atoms with van der Waals surface area (Å²) in [6, 6.07) is 0. The molecule has 0 amide bonds. The Bertz CT molecular complexity index is 616. The number of aromatic nitrogens is 4. The van der Waals surface area contributed by atoms with Crippen LogP contribution in [0.5, 0.6) is 0 Å². The Balaban J connectivity index is 2.06. The van der Waals surface area contributed by atoms with Crippen molar-refractivity contribution >= 4 is 17.0 Å². The van der Waals surface area contributed by atoms with Crippen LogP contribution in [-0.4, -0.2) is 37.3 Å².